The first-order valence-electron chi connectivity index (χ1n) is 9.00. The molecule has 166 valence electrons. The van der Waals surface area contributed by atoms with Crippen LogP contribution in [0, 0.1) is 23.1 Å². The molecule has 0 spiro atoms. The summed E-state index contributed by atoms with van der Waals surface area (Å²) in [6.07, 6.45) is -1.88. The Balaban J connectivity index is 2.49. The number of ether oxygens (including phenoxy) is 4. The van der Waals surface area contributed by atoms with Gasteiger partial charge in [-0.25, -0.2) is 4.39 Å². The molecule has 1 heterocycles. The molecular weight excluding hydrogens is 453 g/mol. The summed E-state index contributed by atoms with van der Waals surface area (Å²) in [5.74, 6) is -3.27. The van der Waals surface area contributed by atoms with Crippen LogP contribution in [0.15, 0.2) is 27.9 Å². The number of benzene rings is 1. The van der Waals surface area contributed by atoms with E-state index >= 15 is 0 Å². The minimum Gasteiger partial charge on any atom is -0.473 e. The van der Waals surface area contributed by atoms with Gasteiger partial charge in [0.15, 0.2) is 23.1 Å². The van der Waals surface area contributed by atoms with Gasteiger partial charge in [-0.1, -0.05) is 18.5 Å². The van der Waals surface area contributed by atoms with Crippen LogP contribution in [0.3, 0.4) is 0 Å². The molecule has 31 heavy (non-hydrogen) atoms. The molecule has 1 aromatic rings. The van der Waals surface area contributed by atoms with Crippen LogP contribution in [-0.4, -0.2) is 36.7 Å². The number of rotatable bonds is 6. The minimum absolute atomic E-state index is 0.00271. The van der Waals surface area contributed by atoms with E-state index in [1.54, 1.807) is 13.0 Å². The van der Waals surface area contributed by atoms with Crippen molar-refractivity contribution in [3.8, 4) is 6.07 Å². The van der Waals surface area contributed by atoms with E-state index in [1.807, 2.05) is 0 Å². The number of hydrogen-bond donors (Lipinski definition) is 0. The van der Waals surface area contributed by atoms with Gasteiger partial charge in [0.25, 0.3) is 0 Å². The Hall–Kier alpha value is -2.77. The van der Waals surface area contributed by atoms with Crippen LogP contribution in [0.5, 0.6) is 0 Å². The highest BCUT2D eigenvalue weighted by molar-refractivity contribution is 8.03. The number of thioether (sulfide) groups is 1. The quantitative estimate of drug-likeness (QED) is 0.452. The van der Waals surface area contributed by atoms with Crippen molar-refractivity contribution in [2.24, 2.45) is 5.92 Å². The molecule has 0 aliphatic carbocycles. The van der Waals surface area contributed by atoms with Gasteiger partial charge in [-0.05, 0) is 23.9 Å². The zero-order valence-corrected chi connectivity index (χ0v) is 18.6. The third kappa shape index (κ3) is 6.35. The number of carbonyl (C=O) groups excluding carboxylic acids is 3. The second kappa shape index (κ2) is 10.5. The van der Waals surface area contributed by atoms with Crippen molar-refractivity contribution >= 4 is 41.3 Å². The first kappa shape index (κ1) is 24.5. The van der Waals surface area contributed by atoms with Crippen LogP contribution >= 0.6 is 23.4 Å². The van der Waals surface area contributed by atoms with Crippen molar-refractivity contribution in [3.63, 3.8) is 0 Å². The molecule has 11 heteroatoms. The SMILES string of the molecule is CC(=O)OCC1OC(Sc2cc(Cl)c(C#N)cc2F)=C(OC(C)=O)C(C)[C@H]1OC(C)=O. The maximum Gasteiger partial charge on any atom is 0.307 e. The average Bonchev–Trinajstić information content (AvgIpc) is 2.67. The van der Waals surface area contributed by atoms with E-state index < -0.39 is 41.9 Å². The van der Waals surface area contributed by atoms with Gasteiger partial charge in [-0.15, -0.1) is 0 Å². The number of nitrogens with zero attached hydrogens (tertiary/aromatic N) is 1. The van der Waals surface area contributed by atoms with Crippen molar-refractivity contribution in [1.82, 2.24) is 0 Å². The third-order valence-corrected chi connectivity index (χ3v) is 5.41. The molecule has 0 N–H and O–H groups in total. The summed E-state index contributed by atoms with van der Waals surface area (Å²) >= 11 is 6.77. The fraction of sp³-hybridized carbons (Fsp3) is 0.400. The lowest BCUT2D eigenvalue weighted by atomic mass is 9.96. The van der Waals surface area contributed by atoms with Gasteiger partial charge in [0.2, 0.25) is 0 Å². The van der Waals surface area contributed by atoms with Crippen LogP contribution in [0.4, 0.5) is 4.39 Å². The molecule has 2 rings (SSSR count). The lowest BCUT2D eigenvalue weighted by Gasteiger charge is -2.37. The largest absolute Gasteiger partial charge is 0.473 e. The second-order valence-corrected chi connectivity index (χ2v) is 7.97. The summed E-state index contributed by atoms with van der Waals surface area (Å²) in [6, 6.07) is 3.99. The molecular formula is C20H19ClFNO7S. The highest BCUT2D eigenvalue weighted by atomic mass is 35.5. The molecule has 0 bridgehead atoms. The number of esters is 3. The highest BCUT2D eigenvalue weighted by Crippen LogP contribution is 2.42. The van der Waals surface area contributed by atoms with Gasteiger partial charge in [-0.2, -0.15) is 5.26 Å². The first-order valence-corrected chi connectivity index (χ1v) is 10.2. The molecule has 0 fully saturated rings. The summed E-state index contributed by atoms with van der Waals surface area (Å²) in [7, 11) is 0. The standard InChI is InChI=1S/C20H19ClFNO7S/c1-9-18(28-11(3)25)16(8-27-10(2)24)30-20(19(9)29-12(4)26)31-17-6-14(21)13(7-23)5-15(17)22/h5-6,9,16,18H,8H2,1-4H3/t9?,16?,18-/m1/s1. The molecule has 0 saturated heterocycles. The van der Waals surface area contributed by atoms with E-state index in [-0.39, 0.29) is 32.9 Å². The van der Waals surface area contributed by atoms with E-state index in [0.717, 1.165) is 17.8 Å². The fourth-order valence-electron chi connectivity index (χ4n) is 2.77. The van der Waals surface area contributed by atoms with E-state index in [0.29, 0.717) is 0 Å². The average molecular weight is 472 g/mol. The number of nitriles is 1. The molecule has 8 nitrogen and oxygen atoms in total. The second-order valence-electron chi connectivity index (χ2n) is 6.54. The lowest BCUT2D eigenvalue weighted by Crippen LogP contribution is -2.45. The molecule has 3 atom stereocenters. The summed E-state index contributed by atoms with van der Waals surface area (Å²) in [5.41, 5.74) is -0.0432. The van der Waals surface area contributed by atoms with Crippen LogP contribution in [0.25, 0.3) is 0 Å². The van der Waals surface area contributed by atoms with Gasteiger partial charge in [0.05, 0.1) is 21.4 Å². The van der Waals surface area contributed by atoms with Gasteiger partial charge >= 0.3 is 17.9 Å². The molecule has 0 radical (unpaired) electrons. The Bertz CT molecular complexity index is 975. The Morgan fingerprint density at radius 1 is 1.23 bits per heavy atom. The van der Waals surface area contributed by atoms with Crippen LogP contribution in [0.2, 0.25) is 5.02 Å². The smallest absolute Gasteiger partial charge is 0.307 e. The van der Waals surface area contributed by atoms with Crippen LogP contribution < -0.4 is 0 Å². The maximum atomic E-state index is 14.5. The molecule has 2 unspecified atom stereocenters. The number of carbonyl (C=O) groups is 3. The van der Waals surface area contributed by atoms with Crippen molar-refractivity contribution < 1.29 is 37.7 Å². The predicted molar refractivity (Wildman–Crippen MR) is 107 cm³/mol. The topological polar surface area (TPSA) is 112 Å². The Labute approximate surface area is 187 Å². The normalized spacial score (nSPS) is 20.4. The summed E-state index contributed by atoms with van der Waals surface area (Å²) in [6.45, 7) is 4.94. The molecule has 1 aliphatic heterocycles. The Morgan fingerprint density at radius 3 is 2.45 bits per heavy atom. The molecule has 1 aromatic carbocycles. The number of hydrogen-bond acceptors (Lipinski definition) is 9. The van der Waals surface area contributed by atoms with E-state index in [2.05, 4.69) is 0 Å². The highest BCUT2D eigenvalue weighted by Gasteiger charge is 2.43. The summed E-state index contributed by atoms with van der Waals surface area (Å²) < 4.78 is 35.9. The van der Waals surface area contributed by atoms with Gasteiger partial charge < -0.3 is 18.9 Å². The zero-order chi connectivity index (χ0) is 23.3. The third-order valence-electron chi connectivity index (χ3n) is 4.08. The monoisotopic (exact) mass is 471 g/mol. The summed E-state index contributed by atoms with van der Waals surface area (Å²) in [4.78, 5) is 34.5. The van der Waals surface area contributed by atoms with Gasteiger partial charge in [-0.3, -0.25) is 14.4 Å². The van der Waals surface area contributed by atoms with E-state index in [1.165, 1.54) is 26.8 Å². The predicted octanol–water partition coefficient (Wildman–Crippen LogP) is 3.70. The van der Waals surface area contributed by atoms with Crippen molar-refractivity contribution in [2.75, 3.05) is 6.61 Å². The molecule has 0 aromatic heterocycles. The fourth-order valence-corrected chi connectivity index (χ4v) is 4.08. The molecule has 1 aliphatic rings. The zero-order valence-electron chi connectivity index (χ0n) is 17.1. The van der Waals surface area contributed by atoms with Gasteiger partial charge in [0.1, 0.15) is 18.5 Å². The lowest BCUT2D eigenvalue weighted by molar-refractivity contribution is -0.168. The van der Waals surface area contributed by atoms with Gasteiger partial charge in [0, 0.05) is 20.8 Å². The van der Waals surface area contributed by atoms with Crippen LogP contribution in [-0.2, 0) is 33.3 Å². The van der Waals surface area contributed by atoms with Crippen molar-refractivity contribution in [3.05, 3.63) is 39.4 Å². The molecule has 0 saturated carbocycles. The van der Waals surface area contributed by atoms with Crippen molar-refractivity contribution in [2.45, 2.75) is 44.8 Å². The Morgan fingerprint density at radius 2 is 1.90 bits per heavy atom. The number of halogens is 2. The Kier molecular flexibility index (Phi) is 8.30. The summed E-state index contributed by atoms with van der Waals surface area (Å²) in [5, 5.41) is 9.02. The van der Waals surface area contributed by atoms with E-state index in [9.17, 15) is 18.8 Å². The van der Waals surface area contributed by atoms with Crippen molar-refractivity contribution in [1.29, 1.82) is 5.26 Å². The van der Waals surface area contributed by atoms with Crippen LogP contribution in [0.1, 0.15) is 33.3 Å². The van der Waals surface area contributed by atoms with E-state index in [4.69, 9.17) is 35.8 Å². The molecule has 0 amide bonds. The first-order chi connectivity index (χ1) is 14.5. The maximum absolute atomic E-state index is 14.5. The minimum atomic E-state index is -0.943.